The maximum atomic E-state index is 13.9. The number of carboxylic acid groups (broad SMARTS) is 1. The minimum Gasteiger partial charge on any atom is -0.480 e. The molecule has 0 fully saturated rings. The van der Waals surface area contributed by atoms with Gasteiger partial charge < -0.3 is 10.4 Å². The van der Waals surface area contributed by atoms with E-state index in [0.717, 1.165) is 41.5 Å². The molecule has 0 unspecified atom stereocenters. The Kier molecular flexibility index (Phi) is 12.5. The molecule has 3 aromatic rings. The molecular formula is C31H36F2N2O3S2. The number of carboxylic acids is 1. The van der Waals surface area contributed by atoms with Gasteiger partial charge in [0.25, 0.3) is 5.91 Å². The Labute approximate surface area is 243 Å². The van der Waals surface area contributed by atoms with Crippen molar-refractivity contribution in [3.05, 3.63) is 94.6 Å². The molecule has 0 bridgehead atoms. The number of benzene rings is 3. The fourth-order valence-electron chi connectivity index (χ4n) is 4.58. The summed E-state index contributed by atoms with van der Waals surface area (Å²) in [5.74, 6) is -1.14. The van der Waals surface area contributed by atoms with Gasteiger partial charge in [-0.15, -0.1) is 0 Å². The third-order valence-corrected chi connectivity index (χ3v) is 7.88. The summed E-state index contributed by atoms with van der Waals surface area (Å²) in [6.07, 6.45) is 5.17. The first-order chi connectivity index (χ1) is 19.2. The number of hydrogen-bond acceptors (Lipinski definition) is 5. The Morgan fingerprint density at radius 3 is 2.23 bits per heavy atom. The van der Waals surface area contributed by atoms with E-state index in [0.29, 0.717) is 42.0 Å². The van der Waals surface area contributed by atoms with Gasteiger partial charge in [-0.1, -0.05) is 30.3 Å². The third kappa shape index (κ3) is 9.35. The number of nitrogens with one attached hydrogen (secondary N) is 1. The van der Waals surface area contributed by atoms with Crippen molar-refractivity contribution in [1.29, 1.82) is 0 Å². The monoisotopic (exact) mass is 586 g/mol. The quantitative estimate of drug-likeness (QED) is 0.195. The second-order valence-corrected chi connectivity index (χ2v) is 11.6. The van der Waals surface area contributed by atoms with Gasteiger partial charge in [0.2, 0.25) is 0 Å². The van der Waals surface area contributed by atoms with Gasteiger partial charge in [-0.2, -0.15) is 23.5 Å². The molecule has 0 saturated heterocycles. The summed E-state index contributed by atoms with van der Waals surface area (Å²) in [5, 5.41) is 12.3. The number of thioether (sulfide) groups is 2. The molecule has 1 amide bonds. The molecule has 0 aliphatic rings. The predicted octanol–water partition coefficient (Wildman–Crippen LogP) is 6.63. The van der Waals surface area contributed by atoms with E-state index in [9.17, 15) is 23.5 Å². The largest absolute Gasteiger partial charge is 0.480 e. The molecule has 0 aliphatic carbocycles. The van der Waals surface area contributed by atoms with E-state index in [1.807, 2.05) is 55.8 Å². The molecule has 2 N–H and O–H groups in total. The van der Waals surface area contributed by atoms with E-state index in [1.54, 1.807) is 17.8 Å². The van der Waals surface area contributed by atoms with Crippen LogP contribution in [0.1, 0.15) is 39.9 Å². The van der Waals surface area contributed by atoms with Gasteiger partial charge in [0.15, 0.2) is 0 Å². The highest BCUT2D eigenvalue weighted by Crippen LogP contribution is 2.29. The summed E-state index contributed by atoms with van der Waals surface area (Å²) in [7, 11) is 0. The van der Waals surface area contributed by atoms with Crippen LogP contribution in [0.5, 0.6) is 0 Å². The van der Waals surface area contributed by atoms with Crippen LogP contribution in [-0.2, 0) is 17.9 Å². The molecule has 214 valence electrons. The average Bonchev–Trinajstić information content (AvgIpc) is 2.90. The highest BCUT2D eigenvalue weighted by atomic mass is 32.2. The van der Waals surface area contributed by atoms with Gasteiger partial charge in [0.05, 0.1) is 0 Å². The maximum absolute atomic E-state index is 13.9. The van der Waals surface area contributed by atoms with Crippen LogP contribution in [0.4, 0.5) is 8.78 Å². The Balaban J connectivity index is 1.95. The Morgan fingerprint density at radius 2 is 1.57 bits per heavy atom. The van der Waals surface area contributed by atoms with Crippen LogP contribution in [0.25, 0.3) is 11.1 Å². The van der Waals surface area contributed by atoms with Crippen LogP contribution in [0.3, 0.4) is 0 Å². The van der Waals surface area contributed by atoms with Gasteiger partial charge in [-0.3, -0.25) is 9.69 Å². The second-order valence-electron chi connectivity index (χ2n) is 9.68. The minimum atomic E-state index is -1.06. The lowest BCUT2D eigenvalue weighted by molar-refractivity contribution is -0.139. The first kappa shape index (κ1) is 31.6. The molecule has 0 heterocycles. The summed E-state index contributed by atoms with van der Waals surface area (Å²) < 4.78 is 27.8. The zero-order valence-corrected chi connectivity index (χ0v) is 24.7. The van der Waals surface area contributed by atoms with E-state index in [2.05, 4.69) is 10.2 Å². The van der Waals surface area contributed by atoms with Crippen LogP contribution in [0.2, 0.25) is 0 Å². The molecule has 0 radical (unpaired) electrons. The zero-order chi connectivity index (χ0) is 29.1. The molecule has 0 aliphatic heterocycles. The van der Waals surface area contributed by atoms with Gasteiger partial charge in [0, 0.05) is 24.7 Å². The van der Waals surface area contributed by atoms with E-state index in [4.69, 9.17) is 0 Å². The average molecular weight is 587 g/mol. The number of aliphatic carboxylic acids is 1. The number of aryl methyl sites for hydroxylation is 1. The number of hydrogen-bond donors (Lipinski definition) is 2. The van der Waals surface area contributed by atoms with Crippen LogP contribution in [0, 0.1) is 18.6 Å². The maximum Gasteiger partial charge on any atom is 0.326 e. The highest BCUT2D eigenvalue weighted by Gasteiger charge is 2.23. The molecule has 1 atom stereocenters. The van der Waals surface area contributed by atoms with Crippen molar-refractivity contribution < 1.29 is 23.5 Å². The number of amides is 1. The minimum absolute atomic E-state index is 0.325. The first-order valence-electron chi connectivity index (χ1n) is 13.1. The summed E-state index contributed by atoms with van der Waals surface area (Å²) in [6, 6.07) is 15.9. The molecular weight excluding hydrogens is 550 g/mol. The number of carbonyl (C=O) groups is 2. The molecule has 3 rings (SSSR count). The van der Waals surface area contributed by atoms with Crippen LogP contribution < -0.4 is 5.32 Å². The number of nitrogens with zero attached hydrogens (tertiary/aromatic N) is 1. The van der Waals surface area contributed by atoms with Crippen molar-refractivity contribution in [2.24, 2.45) is 0 Å². The topological polar surface area (TPSA) is 69.6 Å². The third-order valence-electron chi connectivity index (χ3n) is 6.54. The Hall–Kier alpha value is -2.88. The normalized spacial score (nSPS) is 11.9. The van der Waals surface area contributed by atoms with E-state index >= 15 is 0 Å². The summed E-state index contributed by atoms with van der Waals surface area (Å²) >= 11 is 3.27. The lowest BCUT2D eigenvalue weighted by atomic mass is 9.93. The molecule has 9 heteroatoms. The predicted molar refractivity (Wildman–Crippen MR) is 162 cm³/mol. The second kappa shape index (κ2) is 15.8. The summed E-state index contributed by atoms with van der Waals surface area (Å²) in [6.45, 7) is 3.59. The molecule has 0 spiro atoms. The van der Waals surface area contributed by atoms with Crippen LogP contribution in [-0.4, -0.2) is 58.5 Å². The molecule has 0 aromatic heterocycles. The lowest BCUT2D eigenvalue weighted by Crippen LogP contribution is -2.41. The van der Waals surface area contributed by atoms with E-state index in [1.165, 1.54) is 23.9 Å². The lowest BCUT2D eigenvalue weighted by Gasteiger charge is -2.24. The zero-order valence-electron chi connectivity index (χ0n) is 23.1. The van der Waals surface area contributed by atoms with Crippen molar-refractivity contribution in [3.63, 3.8) is 0 Å². The van der Waals surface area contributed by atoms with Crippen molar-refractivity contribution >= 4 is 35.4 Å². The van der Waals surface area contributed by atoms with Crippen molar-refractivity contribution in [1.82, 2.24) is 10.2 Å². The summed E-state index contributed by atoms with van der Waals surface area (Å²) in [4.78, 5) is 27.3. The first-order valence-corrected chi connectivity index (χ1v) is 15.9. The fourth-order valence-corrected chi connectivity index (χ4v) is 5.47. The number of rotatable bonds is 15. The Morgan fingerprint density at radius 1 is 0.900 bits per heavy atom. The van der Waals surface area contributed by atoms with Crippen molar-refractivity contribution in [2.45, 2.75) is 38.9 Å². The SMILES string of the molecule is CSCCCN(Cc1cc(F)cc(F)c1)Cc1ccc(C(=O)N[C@@H](CCSC)C(=O)O)c(-c2ccccc2C)c1. The van der Waals surface area contributed by atoms with Gasteiger partial charge >= 0.3 is 5.97 Å². The number of halogens is 2. The molecule has 3 aromatic carbocycles. The van der Waals surface area contributed by atoms with Gasteiger partial charge in [-0.05, 0) is 102 Å². The van der Waals surface area contributed by atoms with Crippen LogP contribution >= 0.6 is 23.5 Å². The smallest absolute Gasteiger partial charge is 0.326 e. The van der Waals surface area contributed by atoms with Gasteiger partial charge in [0.1, 0.15) is 17.7 Å². The fraction of sp³-hybridized carbons (Fsp3) is 0.355. The van der Waals surface area contributed by atoms with Crippen molar-refractivity contribution in [2.75, 3.05) is 30.6 Å². The standard InChI is InChI=1S/C31H36F2N2O3S2/c1-21-7-4-5-8-26(21)28-17-22(9-10-27(28)30(36)34-29(31(37)38)11-14-40-3)19-35(12-6-13-39-2)20-23-15-24(32)18-25(33)16-23/h4-5,7-10,15-18,29H,6,11-14,19-20H2,1-3H3,(H,34,36)(H,37,38)/t29-/m0/s1. The number of carbonyl (C=O) groups excluding carboxylic acids is 1. The van der Waals surface area contributed by atoms with E-state index < -0.39 is 29.6 Å². The molecule has 5 nitrogen and oxygen atoms in total. The van der Waals surface area contributed by atoms with Crippen molar-refractivity contribution in [3.8, 4) is 11.1 Å². The van der Waals surface area contributed by atoms with Gasteiger partial charge in [-0.25, -0.2) is 13.6 Å². The van der Waals surface area contributed by atoms with E-state index in [-0.39, 0.29) is 0 Å². The summed E-state index contributed by atoms with van der Waals surface area (Å²) in [5.41, 5.74) is 4.47. The Bertz CT molecular complexity index is 1290. The molecule has 0 saturated carbocycles. The highest BCUT2D eigenvalue weighted by molar-refractivity contribution is 7.98. The van der Waals surface area contributed by atoms with Crippen LogP contribution in [0.15, 0.2) is 60.7 Å². The molecule has 40 heavy (non-hydrogen) atoms.